The summed E-state index contributed by atoms with van der Waals surface area (Å²) in [5.74, 6) is -2.43. The zero-order chi connectivity index (χ0) is 18.8. The lowest BCUT2D eigenvalue weighted by Crippen LogP contribution is -2.16. The molecule has 0 saturated heterocycles. The Morgan fingerprint density at radius 1 is 1.38 bits per heavy atom. The van der Waals surface area contributed by atoms with Crippen molar-refractivity contribution < 1.29 is 32.8 Å². The van der Waals surface area contributed by atoms with E-state index in [4.69, 9.17) is 9.52 Å². The molecule has 0 aliphatic rings. The summed E-state index contributed by atoms with van der Waals surface area (Å²) in [6, 6.07) is 4.10. The van der Waals surface area contributed by atoms with Crippen molar-refractivity contribution in [1.82, 2.24) is 4.98 Å². The van der Waals surface area contributed by atoms with Crippen LogP contribution >= 0.6 is 0 Å². The van der Waals surface area contributed by atoms with Gasteiger partial charge in [0.2, 0.25) is 6.54 Å². The number of carbonyl (C=O) groups is 1. The monoisotopic (exact) mass is 366 g/mol. The maximum atomic E-state index is 12.7. The Hall–Kier alpha value is -3.30. The summed E-state index contributed by atoms with van der Waals surface area (Å²) in [4.78, 5) is 25.4. The van der Waals surface area contributed by atoms with Crippen molar-refractivity contribution in [2.75, 3.05) is 6.54 Å². The van der Waals surface area contributed by atoms with Crippen molar-refractivity contribution in [2.45, 2.75) is 19.0 Å². The van der Waals surface area contributed by atoms with Crippen molar-refractivity contribution in [1.29, 1.82) is 0 Å². The summed E-state index contributed by atoms with van der Waals surface area (Å²) in [5.41, 5.74) is 0.541. The SMILES string of the molecule is O=C(O)CC(C[N+](=O)[O-])c1ccc(OC(F)F)c2oc3cnccc3c12. The zero-order valence-electron chi connectivity index (χ0n) is 13.1. The van der Waals surface area contributed by atoms with E-state index in [1.807, 2.05) is 0 Å². The molecule has 3 aromatic rings. The minimum Gasteiger partial charge on any atom is -0.481 e. The number of furan rings is 1. The number of benzene rings is 1. The number of nitrogens with zero attached hydrogens (tertiary/aromatic N) is 2. The van der Waals surface area contributed by atoms with Gasteiger partial charge in [-0.3, -0.25) is 19.9 Å². The molecule has 0 aliphatic carbocycles. The molecule has 0 saturated carbocycles. The molecule has 10 heteroatoms. The van der Waals surface area contributed by atoms with Gasteiger partial charge in [0.15, 0.2) is 16.9 Å². The fourth-order valence-corrected chi connectivity index (χ4v) is 2.93. The average molecular weight is 366 g/mol. The summed E-state index contributed by atoms with van der Waals surface area (Å²) in [5, 5.41) is 20.8. The molecule has 2 heterocycles. The standard InChI is InChI=1S/C16H12F2N2O6/c17-16(18)26-11-2-1-9(8(5-13(21)22)7-20(23)24)14-10-3-4-19-6-12(10)25-15(11)14/h1-4,6,8,16H,5,7H2,(H,21,22). The number of alkyl halides is 2. The molecule has 2 aromatic heterocycles. The van der Waals surface area contributed by atoms with E-state index >= 15 is 0 Å². The largest absolute Gasteiger partial charge is 0.481 e. The first-order valence-electron chi connectivity index (χ1n) is 7.44. The highest BCUT2D eigenvalue weighted by atomic mass is 19.3. The minimum absolute atomic E-state index is 0.0375. The zero-order valence-corrected chi connectivity index (χ0v) is 13.1. The van der Waals surface area contributed by atoms with Gasteiger partial charge in [0.25, 0.3) is 0 Å². The topological polar surface area (TPSA) is 116 Å². The summed E-state index contributed by atoms with van der Waals surface area (Å²) in [6.07, 6.45) is 2.31. The average Bonchev–Trinajstić information content (AvgIpc) is 2.93. The van der Waals surface area contributed by atoms with Crippen molar-refractivity contribution in [3.8, 4) is 5.75 Å². The summed E-state index contributed by atoms with van der Waals surface area (Å²) >= 11 is 0. The van der Waals surface area contributed by atoms with Gasteiger partial charge in [-0.15, -0.1) is 0 Å². The molecule has 8 nitrogen and oxygen atoms in total. The van der Waals surface area contributed by atoms with Crippen LogP contribution < -0.4 is 4.74 Å². The van der Waals surface area contributed by atoms with E-state index in [2.05, 4.69) is 9.72 Å². The normalized spacial score (nSPS) is 12.6. The van der Waals surface area contributed by atoms with E-state index in [1.54, 1.807) is 6.07 Å². The van der Waals surface area contributed by atoms with Crippen LogP contribution in [0.5, 0.6) is 5.75 Å². The third-order valence-electron chi connectivity index (χ3n) is 3.87. The Bertz CT molecular complexity index is 971. The summed E-state index contributed by atoms with van der Waals surface area (Å²) < 4.78 is 35.3. The second-order valence-electron chi connectivity index (χ2n) is 5.52. The minimum atomic E-state index is -3.09. The van der Waals surface area contributed by atoms with Crippen LogP contribution in [0.15, 0.2) is 35.0 Å². The molecule has 0 bridgehead atoms. The number of carboxylic acid groups (broad SMARTS) is 1. The number of nitro groups is 1. The molecule has 1 aromatic carbocycles. The molecule has 26 heavy (non-hydrogen) atoms. The molecule has 1 unspecified atom stereocenters. The molecule has 0 aliphatic heterocycles. The van der Waals surface area contributed by atoms with Crippen LogP contribution in [-0.4, -0.2) is 34.1 Å². The Kier molecular flexibility index (Phi) is 4.65. The van der Waals surface area contributed by atoms with Crippen LogP contribution in [0, 0.1) is 10.1 Å². The van der Waals surface area contributed by atoms with Crippen molar-refractivity contribution in [2.24, 2.45) is 0 Å². The first-order chi connectivity index (χ1) is 12.4. The first-order valence-corrected chi connectivity index (χ1v) is 7.44. The fourth-order valence-electron chi connectivity index (χ4n) is 2.93. The quantitative estimate of drug-likeness (QED) is 0.503. The lowest BCUT2D eigenvalue weighted by atomic mass is 9.91. The van der Waals surface area contributed by atoms with Gasteiger partial charge in [-0.2, -0.15) is 8.78 Å². The predicted molar refractivity (Wildman–Crippen MR) is 85.0 cm³/mol. The van der Waals surface area contributed by atoms with E-state index in [1.165, 1.54) is 24.5 Å². The molecule has 0 spiro atoms. The Morgan fingerprint density at radius 3 is 2.81 bits per heavy atom. The first kappa shape index (κ1) is 17.5. The number of aliphatic carboxylic acids is 1. The van der Waals surface area contributed by atoms with Crippen LogP contribution in [0.3, 0.4) is 0 Å². The molecule has 1 N–H and O–H groups in total. The fraction of sp³-hybridized carbons (Fsp3) is 0.250. The molecular weight excluding hydrogens is 354 g/mol. The maximum absolute atomic E-state index is 12.7. The van der Waals surface area contributed by atoms with Crippen LogP contribution in [0.2, 0.25) is 0 Å². The Morgan fingerprint density at radius 2 is 2.15 bits per heavy atom. The van der Waals surface area contributed by atoms with E-state index in [0.717, 1.165) is 0 Å². The van der Waals surface area contributed by atoms with Gasteiger partial charge in [0, 0.05) is 21.9 Å². The lowest BCUT2D eigenvalue weighted by molar-refractivity contribution is -0.483. The van der Waals surface area contributed by atoms with E-state index < -0.39 is 36.4 Å². The molecule has 0 fully saturated rings. The van der Waals surface area contributed by atoms with Crippen LogP contribution in [0.1, 0.15) is 17.9 Å². The van der Waals surface area contributed by atoms with Crippen LogP contribution in [-0.2, 0) is 4.79 Å². The number of rotatable bonds is 7. The van der Waals surface area contributed by atoms with Gasteiger partial charge in [-0.05, 0) is 17.7 Å². The van der Waals surface area contributed by atoms with Gasteiger partial charge in [-0.1, -0.05) is 6.07 Å². The Balaban J connectivity index is 2.27. The molecule has 0 amide bonds. The second kappa shape index (κ2) is 6.90. The van der Waals surface area contributed by atoms with Gasteiger partial charge < -0.3 is 14.3 Å². The highest BCUT2D eigenvalue weighted by Crippen LogP contribution is 2.40. The number of ether oxygens (including phenoxy) is 1. The van der Waals surface area contributed by atoms with Crippen molar-refractivity contribution in [3.05, 3.63) is 46.3 Å². The van der Waals surface area contributed by atoms with Crippen LogP contribution in [0.25, 0.3) is 21.9 Å². The number of hydrogen-bond acceptors (Lipinski definition) is 6. The van der Waals surface area contributed by atoms with Gasteiger partial charge in [-0.25, -0.2) is 0 Å². The van der Waals surface area contributed by atoms with E-state index in [9.17, 15) is 23.7 Å². The van der Waals surface area contributed by atoms with Gasteiger partial charge in [0.05, 0.1) is 18.5 Å². The highest BCUT2D eigenvalue weighted by molar-refractivity contribution is 6.08. The number of carboxylic acids is 1. The third-order valence-corrected chi connectivity index (χ3v) is 3.87. The Labute approximate surface area is 144 Å². The smallest absolute Gasteiger partial charge is 0.387 e. The molecule has 1 atom stereocenters. The second-order valence-corrected chi connectivity index (χ2v) is 5.52. The van der Waals surface area contributed by atoms with Gasteiger partial charge >= 0.3 is 12.6 Å². The van der Waals surface area contributed by atoms with Crippen molar-refractivity contribution >= 4 is 27.9 Å². The number of pyridine rings is 1. The summed E-state index contributed by atoms with van der Waals surface area (Å²) in [6.45, 7) is -3.72. The maximum Gasteiger partial charge on any atom is 0.387 e. The molecule has 0 radical (unpaired) electrons. The summed E-state index contributed by atoms with van der Waals surface area (Å²) in [7, 11) is 0. The predicted octanol–water partition coefficient (Wildman–Crippen LogP) is 3.42. The van der Waals surface area contributed by atoms with Crippen molar-refractivity contribution in [3.63, 3.8) is 0 Å². The number of halogens is 2. The van der Waals surface area contributed by atoms with E-state index in [0.29, 0.717) is 16.3 Å². The van der Waals surface area contributed by atoms with E-state index in [-0.39, 0.29) is 16.9 Å². The number of fused-ring (bicyclic) bond motifs is 3. The van der Waals surface area contributed by atoms with Gasteiger partial charge in [0.1, 0.15) is 0 Å². The third kappa shape index (κ3) is 3.39. The highest BCUT2D eigenvalue weighted by Gasteiger charge is 2.27. The molecule has 136 valence electrons. The van der Waals surface area contributed by atoms with Crippen LogP contribution in [0.4, 0.5) is 8.78 Å². The number of hydrogen-bond donors (Lipinski definition) is 1. The molecular formula is C16H12F2N2O6. The number of aromatic nitrogens is 1. The lowest BCUT2D eigenvalue weighted by Gasteiger charge is -2.14. The molecule has 3 rings (SSSR count).